The minimum Gasteiger partial charge on any atom is -0.122 e. The van der Waals surface area contributed by atoms with Crippen molar-refractivity contribution in [2.24, 2.45) is 5.92 Å². The van der Waals surface area contributed by atoms with Crippen molar-refractivity contribution < 1.29 is 0 Å². The van der Waals surface area contributed by atoms with E-state index in [1.54, 1.807) is 0 Å². The third-order valence-electron chi connectivity index (χ3n) is 2.49. The number of hydrogen-bond donors (Lipinski definition) is 0. The molecular formula is C14H16S. The molecular weight excluding hydrogens is 200 g/mol. The molecule has 0 spiro atoms. The van der Waals surface area contributed by atoms with Crippen molar-refractivity contribution in [2.75, 3.05) is 0 Å². The standard InChI is InChI=1S/C14H16S/c1-12-6-5-9-14(10-12)15-11-13-7-3-2-4-8-13/h2-5,7-10,12H,6,11H2,1H3. The van der Waals surface area contributed by atoms with E-state index < -0.39 is 0 Å². The topological polar surface area (TPSA) is 0 Å². The lowest BCUT2D eigenvalue weighted by Gasteiger charge is -2.11. The van der Waals surface area contributed by atoms with Gasteiger partial charge in [0, 0.05) is 10.7 Å². The van der Waals surface area contributed by atoms with Crippen molar-refractivity contribution in [3.8, 4) is 0 Å². The Balaban J connectivity index is 1.91. The van der Waals surface area contributed by atoms with Crippen LogP contribution < -0.4 is 0 Å². The zero-order chi connectivity index (χ0) is 10.5. The largest absolute Gasteiger partial charge is 0.122 e. The van der Waals surface area contributed by atoms with Crippen molar-refractivity contribution in [3.05, 3.63) is 59.0 Å². The molecule has 0 nitrogen and oxygen atoms in total. The monoisotopic (exact) mass is 216 g/mol. The highest BCUT2D eigenvalue weighted by Crippen LogP contribution is 2.27. The summed E-state index contributed by atoms with van der Waals surface area (Å²) >= 11 is 1.93. The van der Waals surface area contributed by atoms with E-state index in [2.05, 4.69) is 55.5 Å². The van der Waals surface area contributed by atoms with E-state index in [0.29, 0.717) is 5.92 Å². The first-order chi connectivity index (χ1) is 7.34. The van der Waals surface area contributed by atoms with E-state index in [1.807, 2.05) is 11.8 Å². The van der Waals surface area contributed by atoms with Crippen LogP contribution >= 0.6 is 11.8 Å². The maximum atomic E-state index is 2.37. The quantitative estimate of drug-likeness (QED) is 0.721. The average Bonchev–Trinajstić information content (AvgIpc) is 2.28. The van der Waals surface area contributed by atoms with Crippen molar-refractivity contribution >= 4 is 11.8 Å². The van der Waals surface area contributed by atoms with Gasteiger partial charge in [-0.25, -0.2) is 0 Å². The summed E-state index contributed by atoms with van der Waals surface area (Å²) in [7, 11) is 0. The molecule has 0 N–H and O–H groups in total. The van der Waals surface area contributed by atoms with Crippen LogP contribution in [0.4, 0.5) is 0 Å². The molecule has 0 aliphatic heterocycles. The number of benzene rings is 1. The third kappa shape index (κ3) is 3.28. The molecule has 0 aromatic heterocycles. The molecule has 0 amide bonds. The van der Waals surface area contributed by atoms with E-state index in [1.165, 1.54) is 16.9 Å². The summed E-state index contributed by atoms with van der Waals surface area (Å²) in [5.41, 5.74) is 1.40. The zero-order valence-electron chi connectivity index (χ0n) is 9.02. The molecule has 1 unspecified atom stereocenters. The van der Waals surface area contributed by atoms with Gasteiger partial charge >= 0.3 is 0 Å². The van der Waals surface area contributed by atoms with Crippen molar-refractivity contribution in [1.82, 2.24) is 0 Å². The smallest absolute Gasteiger partial charge is 0.0231 e. The Labute approximate surface area is 96.1 Å². The summed E-state index contributed by atoms with van der Waals surface area (Å²) in [6.45, 7) is 2.27. The van der Waals surface area contributed by atoms with Gasteiger partial charge in [0.15, 0.2) is 0 Å². The van der Waals surface area contributed by atoms with Gasteiger partial charge in [0.25, 0.3) is 0 Å². The van der Waals surface area contributed by atoms with E-state index in [0.717, 1.165) is 5.75 Å². The van der Waals surface area contributed by atoms with Crippen LogP contribution in [0.25, 0.3) is 0 Å². The van der Waals surface area contributed by atoms with Gasteiger partial charge in [0.05, 0.1) is 0 Å². The first-order valence-corrected chi connectivity index (χ1v) is 6.38. The molecule has 0 heterocycles. The molecule has 78 valence electrons. The van der Waals surface area contributed by atoms with Gasteiger partial charge in [-0.3, -0.25) is 0 Å². The number of allylic oxidation sites excluding steroid dienone is 3. The van der Waals surface area contributed by atoms with E-state index in [-0.39, 0.29) is 0 Å². The van der Waals surface area contributed by atoms with Crippen LogP contribution in [0.15, 0.2) is 53.5 Å². The highest BCUT2D eigenvalue weighted by Gasteiger charge is 2.04. The molecule has 1 heteroatoms. The average molecular weight is 216 g/mol. The summed E-state index contributed by atoms with van der Waals surface area (Å²) in [5, 5.41) is 0. The summed E-state index contributed by atoms with van der Waals surface area (Å²) < 4.78 is 0. The molecule has 0 saturated heterocycles. The fraction of sp³-hybridized carbons (Fsp3) is 0.286. The Bertz CT molecular complexity index is 362. The van der Waals surface area contributed by atoms with Gasteiger partial charge in [-0.1, -0.05) is 55.5 Å². The van der Waals surface area contributed by atoms with Crippen LogP contribution in [-0.4, -0.2) is 0 Å². The zero-order valence-corrected chi connectivity index (χ0v) is 9.84. The minimum atomic E-state index is 0.702. The minimum absolute atomic E-state index is 0.702. The molecule has 2 rings (SSSR count). The lowest BCUT2D eigenvalue weighted by atomic mass is 10.0. The van der Waals surface area contributed by atoms with E-state index >= 15 is 0 Å². The summed E-state index contributed by atoms with van der Waals surface area (Å²) in [4.78, 5) is 1.41. The summed E-state index contributed by atoms with van der Waals surface area (Å²) in [6.07, 6.45) is 8.08. The molecule has 1 aromatic rings. The van der Waals surface area contributed by atoms with Gasteiger partial charge in [0.1, 0.15) is 0 Å². The number of hydrogen-bond acceptors (Lipinski definition) is 1. The maximum Gasteiger partial charge on any atom is 0.0231 e. The molecule has 0 saturated carbocycles. The number of rotatable bonds is 3. The predicted octanol–water partition coefficient (Wildman–Crippen LogP) is 4.40. The second-order valence-corrected chi connectivity index (χ2v) is 5.01. The Kier molecular flexibility index (Phi) is 3.68. The second-order valence-electron chi connectivity index (χ2n) is 3.96. The Hall–Kier alpha value is -0.950. The highest BCUT2D eigenvalue weighted by molar-refractivity contribution is 8.02. The van der Waals surface area contributed by atoms with Crippen LogP contribution in [0.1, 0.15) is 18.9 Å². The fourth-order valence-corrected chi connectivity index (χ4v) is 2.69. The van der Waals surface area contributed by atoms with Crippen molar-refractivity contribution in [3.63, 3.8) is 0 Å². The molecule has 1 atom stereocenters. The van der Waals surface area contributed by atoms with Crippen LogP contribution in [0, 0.1) is 5.92 Å². The molecule has 0 fully saturated rings. The van der Waals surface area contributed by atoms with Gasteiger partial charge in [-0.15, -0.1) is 11.8 Å². The van der Waals surface area contributed by atoms with Crippen molar-refractivity contribution in [2.45, 2.75) is 19.1 Å². The SMILES string of the molecule is CC1C=C(SCc2ccccc2)C=CC1. The molecule has 1 aliphatic carbocycles. The number of thioether (sulfide) groups is 1. The van der Waals surface area contributed by atoms with Crippen LogP contribution in [0.3, 0.4) is 0 Å². The Morgan fingerprint density at radius 2 is 2.07 bits per heavy atom. The lowest BCUT2D eigenvalue weighted by molar-refractivity contribution is 0.735. The van der Waals surface area contributed by atoms with Gasteiger partial charge in [-0.05, 0) is 17.9 Å². The lowest BCUT2D eigenvalue weighted by Crippen LogP contribution is -1.93. The highest BCUT2D eigenvalue weighted by atomic mass is 32.2. The van der Waals surface area contributed by atoms with Gasteiger partial charge in [0.2, 0.25) is 0 Å². The summed E-state index contributed by atoms with van der Waals surface area (Å²) in [5.74, 6) is 1.78. The Morgan fingerprint density at radius 1 is 1.27 bits per heavy atom. The van der Waals surface area contributed by atoms with E-state index in [9.17, 15) is 0 Å². The van der Waals surface area contributed by atoms with Gasteiger partial charge < -0.3 is 0 Å². The first kappa shape index (κ1) is 10.6. The summed E-state index contributed by atoms with van der Waals surface area (Å²) in [6, 6.07) is 10.6. The molecule has 0 radical (unpaired) electrons. The van der Waals surface area contributed by atoms with Crippen LogP contribution in [0.5, 0.6) is 0 Å². The van der Waals surface area contributed by atoms with Crippen LogP contribution in [0.2, 0.25) is 0 Å². The normalized spacial score (nSPS) is 20.1. The molecule has 1 aliphatic rings. The molecule has 0 bridgehead atoms. The maximum absolute atomic E-state index is 2.37. The predicted molar refractivity (Wildman–Crippen MR) is 68.7 cm³/mol. The molecule has 1 aromatic carbocycles. The second kappa shape index (κ2) is 5.22. The van der Waals surface area contributed by atoms with Crippen LogP contribution in [-0.2, 0) is 5.75 Å². The Morgan fingerprint density at radius 3 is 2.80 bits per heavy atom. The molecule has 15 heavy (non-hydrogen) atoms. The third-order valence-corrected chi connectivity index (χ3v) is 3.57. The first-order valence-electron chi connectivity index (χ1n) is 5.39. The van der Waals surface area contributed by atoms with Gasteiger partial charge in [-0.2, -0.15) is 0 Å². The van der Waals surface area contributed by atoms with Crippen molar-refractivity contribution in [1.29, 1.82) is 0 Å². The van der Waals surface area contributed by atoms with E-state index in [4.69, 9.17) is 0 Å². The fourth-order valence-electron chi connectivity index (χ4n) is 1.64.